The average Bonchev–Trinajstić information content (AvgIpc) is 3.25. The predicted molar refractivity (Wildman–Crippen MR) is 126 cm³/mol. The molecule has 34 heavy (non-hydrogen) atoms. The van der Waals surface area contributed by atoms with Gasteiger partial charge in [0, 0.05) is 37.2 Å². The highest BCUT2D eigenvalue weighted by Crippen LogP contribution is 2.47. The van der Waals surface area contributed by atoms with Gasteiger partial charge in [0.1, 0.15) is 17.0 Å². The molecule has 5 aromatic heterocycles. The fraction of sp³-hybridized carbons (Fsp3) is 0.333. The standard InChI is InChI=1S/C24H26N10/c1-2-24(5-6-24)17-26-10-18-3-4-23-29-20(14-32(23)13-18)15-33-16-22(30-31-33)19-9-21(12-25-11-19)34-27-7-8-28-34/h3-4,7-9,11-14,16,26H,2,5-6,10,15,17H2,1H3. The van der Waals surface area contributed by atoms with Crippen molar-refractivity contribution in [3.05, 3.63) is 72.8 Å². The molecule has 0 bridgehead atoms. The van der Waals surface area contributed by atoms with Gasteiger partial charge in [0.15, 0.2) is 0 Å². The molecule has 10 nitrogen and oxygen atoms in total. The Labute approximate surface area is 196 Å². The third kappa shape index (κ3) is 4.19. The second kappa shape index (κ2) is 8.45. The molecule has 0 saturated heterocycles. The lowest BCUT2D eigenvalue weighted by Gasteiger charge is -2.13. The Morgan fingerprint density at radius 2 is 1.94 bits per heavy atom. The number of fused-ring (bicyclic) bond motifs is 1. The van der Waals surface area contributed by atoms with Crippen LogP contribution in [0.15, 0.2) is 61.6 Å². The molecule has 1 aliphatic carbocycles. The van der Waals surface area contributed by atoms with Gasteiger partial charge in [-0.25, -0.2) is 9.67 Å². The second-order valence-corrected chi connectivity index (χ2v) is 9.04. The maximum Gasteiger partial charge on any atom is 0.137 e. The number of nitrogens with one attached hydrogen (secondary N) is 1. The molecule has 172 valence electrons. The lowest BCUT2D eigenvalue weighted by Crippen LogP contribution is -2.23. The molecule has 6 rings (SSSR count). The summed E-state index contributed by atoms with van der Waals surface area (Å²) >= 11 is 0. The van der Waals surface area contributed by atoms with Crippen molar-refractivity contribution in [3.8, 4) is 16.9 Å². The van der Waals surface area contributed by atoms with Gasteiger partial charge in [0.05, 0.1) is 37.0 Å². The van der Waals surface area contributed by atoms with Crippen LogP contribution < -0.4 is 5.32 Å². The summed E-state index contributed by atoms with van der Waals surface area (Å²) in [4.78, 5) is 10.6. The first-order valence-corrected chi connectivity index (χ1v) is 11.6. The SMILES string of the molecule is CCC1(CNCc2ccc3nc(Cn4cc(-c5cncc(-n6nccn6)c5)nn4)cn3c2)CC1. The first-order valence-electron chi connectivity index (χ1n) is 11.6. The van der Waals surface area contributed by atoms with Crippen molar-refractivity contribution in [2.75, 3.05) is 6.54 Å². The normalized spacial score (nSPS) is 14.6. The number of hydrogen-bond acceptors (Lipinski definition) is 7. The molecule has 1 N–H and O–H groups in total. The molecule has 5 aromatic rings. The fourth-order valence-corrected chi connectivity index (χ4v) is 4.28. The minimum atomic E-state index is 0.537. The van der Waals surface area contributed by atoms with E-state index in [0.717, 1.165) is 41.4 Å². The van der Waals surface area contributed by atoms with Crippen molar-refractivity contribution < 1.29 is 0 Å². The molecule has 5 heterocycles. The quantitative estimate of drug-likeness (QED) is 0.365. The van der Waals surface area contributed by atoms with Crippen LogP contribution in [0.5, 0.6) is 0 Å². The molecule has 1 aliphatic rings. The van der Waals surface area contributed by atoms with E-state index in [-0.39, 0.29) is 0 Å². The summed E-state index contributed by atoms with van der Waals surface area (Å²) in [5.74, 6) is 0. The molecular weight excluding hydrogens is 428 g/mol. The summed E-state index contributed by atoms with van der Waals surface area (Å²) in [6.45, 7) is 4.80. The Morgan fingerprint density at radius 1 is 1.06 bits per heavy atom. The van der Waals surface area contributed by atoms with E-state index in [2.05, 4.69) is 66.7 Å². The molecule has 1 fully saturated rings. The summed E-state index contributed by atoms with van der Waals surface area (Å²) < 4.78 is 3.87. The number of rotatable bonds is 9. The van der Waals surface area contributed by atoms with E-state index >= 15 is 0 Å². The number of aromatic nitrogens is 9. The lowest BCUT2D eigenvalue weighted by atomic mass is 10.0. The van der Waals surface area contributed by atoms with Gasteiger partial charge in [0.2, 0.25) is 0 Å². The minimum Gasteiger partial charge on any atom is -0.312 e. The van der Waals surface area contributed by atoms with E-state index in [1.807, 2.05) is 12.3 Å². The zero-order chi connectivity index (χ0) is 23.0. The van der Waals surface area contributed by atoms with E-state index in [9.17, 15) is 0 Å². The van der Waals surface area contributed by atoms with E-state index in [4.69, 9.17) is 4.98 Å². The first kappa shape index (κ1) is 20.7. The fourth-order valence-electron chi connectivity index (χ4n) is 4.28. The number of nitrogens with zero attached hydrogens (tertiary/aromatic N) is 9. The number of imidazole rings is 1. The van der Waals surface area contributed by atoms with E-state index in [1.54, 1.807) is 29.5 Å². The molecule has 0 amide bonds. The highest BCUT2D eigenvalue weighted by atomic mass is 15.5. The Morgan fingerprint density at radius 3 is 2.76 bits per heavy atom. The van der Waals surface area contributed by atoms with Gasteiger partial charge in [-0.3, -0.25) is 4.98 Å². The monoisotopic (exact) mass is 454 g/mol. The minimum absolute atomic E-state index is 0.537. The Bertz CT molecular complexity index is 1410. The van der Waals surface area contributed by atoms with Crippen LogP contribution in [0.25, 0.3) is 22.6 Å². The summed E-state index contributed by atoms with van der Waals surface area (Å²) in [7, 11) is 0. The zero-order valence-corrected chi connectivity index (χ0v) is 19.0. The van der Waals surface area contributed by atoms with Gasteiger partial charge in [-0.1, -0.05) is 18.2 Å². The highest BCUT2D eigenvalue weighted by molar-refractivity contribution is 5.59. The van der Waals surface area contributed by atoms with Crippen molar-refractivity contribution in [3.63, 3.8) is 0 Å². The molecule has 0 radical (unpaired) electrons. The third-order valence-corrected chi connectivity index (χ3v) is 6.63. The van der Waals surface area contributed by atoms with Crippen molar-refractivity contribution in [2.24, 2.45) is 5.41 Å². The Kier molecular flexibility index (Phi) is 5.14. The molecular formula is C24H26N10. The van der Waals surface area contributed by atoms with Crippen LogP contribution in [0.2, 0.25) is 0 Å². The van der Waals surface area contributed by atoms with E-state index < -0.39 is 0 Å². The van der Waals surface area contributed by atoms with E-state index in [0.29, 0.717) is 12.0 Å². The topological polar surface area (TPSA) is 104 Å². The van der Waals surface area contributed by atoms with Gasteiger partial charge in [-0.15, -0.1) is 5.10 Å². The van der Waals surface area contributed by atoms with Gasteiger partial charge in [0.25, 0.3) is 0 Å². The molecule has 1 saturated carbocycles. The van der Waals surface area contributed by atoms with Crippen molar-refractivity contribution in [1.82, 2.24) is 49.7 Å². The first-order chi connectivity index (χ1) is 16.7. The largest absolute Gasteiger partial charge is 0.312 e. The van der Waals surface area contributed by atoms with Gasteiger partial charge in [-0.05, 0) is 42.4 Å². The molecule has 0 unspecified atom stereocenters. The average molecular weight is 455 g/mol. The summed E-state index contributed by atoms with van der Waals surface area (Å²) in [5.41, 5.74) is 6.02. The van der Waals surface area contributed by atoms with Crippen LogP contribution in [-0.4, -0.2) is 50.9 Å². The zero-order valence-electron chi connectivity index (χ0n) is 19.0. The van der Waals surface area contributed by atoms with Crippen LogP contribution >= 0.6 is 0 Å². The summed E-state index contributed by atoms with van der Waals surface area (Å²) in [6.07, 6.45) is 16.8. The van der Waals surface area contributed by atoms with E-state index in [1.165, 1.54) is 29.6 Å². The summed E-state index contributed by atoms with van der Waals surface area (Å²) in [5, 5.41) is 20.5. The maximum absolute atomic E-state index is 4.74. The summed E-state index contributed by atoms with van der Waals surface area (Å²) in [6, 6.07) is 6.15. The Hall–Kier alpha value is -3.92. The Balaban J connectivity index is 1.14. The predicted octanol–water partition coefficient (Wildman–Crippen LogP) is 2.90. The molecule has 0 aromatic carbocycles. The smallest absolute Gasteiger partial charge is 0.137 e. The number of hydrogen-bond donors (Lipinski definition) is 1. The highest BCUT2D eigenvalue weighted by Gasteiger charge is 2.39. The number of pyridine rings is 2. The molecule has 0 aliphatic heterocycles. The molecule has 10 heteroatoms. The van der Waals surface area contributed by atoms with Gasteiger partial charge >= 0.3 is 0 Å². The van der Waals surface area contributed by atoms with Gasteiger partial charge < -0.3 is 9.72 Å². The molecule has 0 atom stereocenters. The molecule has 0 spiro atoms. The van der Waals surface area contributed by atoms with Gasteiger partial charge in [-0.2, -0.15) is 15.0 Å². The van der Waals surface area contributed by atoms with Crippen molar-refractivity contribution >= 4 is 5.65 Å². The van der Waals surface area contributed by atoms with Crippen LogP contribution in [0.1, 0.15) is 37.4 Å². The second-order valence-electron chi connectivity index (χ2n) is 9.04. The van der Waals surface area contributed by atoms with Crippen molar-refractivity contribution in [2.45, 2.75) is 39.3 Å². The lowest BCUT2D eigenvalue weighted by molar-refractivity contribution is 0.443. The van der Waals surface area contributed by atoms with Crippen LogP contribution in [-0.2, 0) is 13.1 Å². The van der Waals surface area contributed by atoms with Crippen LogP contribution in [0, 0.1) is 5.41 Å². The third-order valence-electron chi connectivity index (χ3n) is 6.63. The maximum atomic E-state index is 4.74. The van der Waals surface area contributed by atoms with Crippen molar-refractivity contribution in [1.29, 1.82) is 0 Å². The van der Waals surface area contributed by atoms with Crippen LogP contribution in [0.3, 0.4) is 0 Å². The van der Waals surface area contributed by atoms with Crippen LogP contribution in [0.4, 0.5) is 0 Å².